The molecular weight excluding hydrogens is 431 g/mol. The summed E-state index contributed by atoms with van der Waals surface area (Å²) in [7, 11) is -3.72. The van der Waals surface area contributed by atoms with Gasteiger partial charge < -0.3 is 5.32 Å². The van der Waals surface area contributed by atoms with Crippen LogP contribution in [-0.2, 0) is 20.6 Å². The van der Waals surface area contributed by atoms with Gasteiger partial charge in [0, 0.05) is 28.9 Å². The molecule has 0 unspecified atom stereocenters. The maximum absolute atomic E-state index is 13.6. The van der Waals surface area contributed by atoms with Crippen LogP contribution in [0.4, 0.5) is 10.1 Å². The van der Waals surface area contributed by atoms with Crippen LogP contribution in [-0.4, -0.2) is 32.9 Å². The van der Waals surface area contributed by atoms with Crippen LogP contribution in [0.3, 0.4) is 0 Å². The smallest absolute Gasteiger partial charge is 0.240 e. The van der Waals surface area contributed by atoms with Gasteiger partial charge in [-0.05, 0) is 36.1 Å². The van der Waals surface area contributed by atoms with Crippen molar-refractivity contribution in [3.8, 4) is 0 Å². The third-order valence-corrected chi connectivity index (χ3v) is 7.28. The highest BCUT2D eigenvalue weighted by Crippen LogP contribution is 2.28. The number of carbonyl (C=O) groups is 1. The fraction of sp³-hybridized carbons (Fsp3) is 0.350. The summed E-state index contributed by atoms with van der Waals surface area (Å²) < 4.78 is 41.3. The summed E-state index contributed by atoms with van der Waals surface area (Å²) in [6.45, 7) is 3.77. The zero-order chi connectivity index (χ0) is 21.4. The van der Waals surface area contributed by atoms with Crippen LogP contribution >= 0.6 is 23.5 Å². The van der Waals surface area contributed by atoms with E-state index in [-0.39, 0.29) is 29.1 Å². The van der Waals surface area contributed by atoms with Crippen molar-refractivity contribution in [3.63, 3.8) is 0 Å². The molecule has 0 spiro atoms. The Balaban J connectivity index is 1.97. The minimum Gasteiger partial charge on any atom is -0.325 e. The van der Waals surface area contributed by atoms with Crippen LogP contribution < -0.4 is 10.0 Å². The maximum atomic E-state index is 13.6. The van der Waals surface area contributed by atoms with Gasteiger partial charge in [0.25, 0.3) is 0 Å². The van der Waals surface area contributed by atoms with Crippen LogP contribution in [0.5, 0.6) is 0 Å². The van der Waals surface area contributed by atoms with E-state index < -0.39 is 10.0 Å². The molecule has 1 amide bonds. The second kappa shape index (κ2) is 11.0. The SMILES string of the molecule is CSc1ccc(S(=O)(=O)NCCSCc2ccccc2F)cc1NC(=O)C(C)C. The van der Waals surface area contributed by atoms with E-state index in [1.54, 1.807) is 38.1 Å². The van der Waals surface area contributed by atoms with Crippen molar-refractivity contribution in [1.29, 1.82) is 0 Å². The van der Waals surface area contributed by atoms with E-state index in [2.05, 4.69) is 10.0 Å². The van der Waals surface area contributed by atoms with Gasteiger partial charge in [-0.25, -0.2) is 17.5 Å². The molecule has 9 heteroatoms. The fourth-order valence-electron chi connectivity index (χ4n) is 2.36. The number of rotatable bonds is 10. The molecule has 158 valence electrons. The van der Waals surface area contributed by atoms with E-state index in [0.717, 1.165) is 4.90 Å². The largest absolute Gasteiger partial charge is 0.325 e. The Morgan fingerprint density at radius 2 is 1.90 bits per heavy atom. The molecule has 0 aliphatic rings. The molecule has 0 saturated heterocycles. The lowest BCUT2D eigenvalue weighted by Gasteiger charge is -2.14. The van der Waals surface area contributed by atoms with E-state index in [1.165, 1.54) is 41.7 Å². The molecule has 0 heterocycles. The third kappa shape index (κ3) is 7.02. The second-order valence-electron chi connectivity index (χ2n) is 6.55. The molecule has 2 N–H and O–H groups in total. The Morgan fingerprint density at radius 3 is 2.55 bits per heavy atom. The molecule has 29 heavy (non-hydrogen) atoms. The standard InChI is InChI=1S/C20H25FN2O3S3/c1-14(2)20(24)23-18-12-16(8-9-19(18)27-3)29(25,26)22-10-11-28-13-15-6-4-5-7-17(15)21/h4-9,12,14,22H,10-11,13H2,1-3H3,(H,23,24). The van der Waals surface area contributed by atoms with E-state index in [1.807, 2.05) is 6.26 Å². The van der Waals surface area contributed by atoms with Crippen LogP contribution in [0.15, 0.2) is 52.3 Å². The first-order valence-corrected chi connectivity index (χ1v) is 12.9. The molecule has 0 radical (unpaired) electrons. The van der Waals surface area contributed by atoms with Crippen molar-refractivity contribution in [1.82, 2.24) is 4.72 Å². The van der Waals surface area contributed by atoms with Crippen molar-refractivity contribution in [2.24, 2.45) is 5.92 Å². The quantitative estimate of drug-likeness (QED) is 0.411. The van der Waals surface area contributed by atoms with Gasteiger partial charge in [-0.2, -0.15) is 11.8 Å². The summed E-state index contributed by atoms with van der Waals surface area (Å²) in [6.07, 6.45) is 1.86. The first-order chi connectivity index (χ1) is 13.7. The van der Waals surface area contributed by atoms with Crippen molar-refractivity contribution in [3.05, 3.63) is 53.8 Å². The Labute approximate surface area is 180 Å². The number of hydrogen-bond acceptors (Lipinski definition) is 5. The summed E-state index contributed by atoms with van der Waals surface area (Å²) in [4.78, 5) is 12.9. The zero-order valence-electron chi connectivity index (χ0n) is 16.6. The number of thioether (sulfide) groups is 2. The summed E-state index contributed by atoms with van der Waals surface area (Å²) in [6, 6.07) is 11.2. The number of benzene rings is 2. The summed E-state index contributed by atoms with van der Waals surface area (Å²) in [5, 5.41) is 2.78. The van der Waals surface area contributed by atoms with E-state index >= 15 is 0 Å². The molecular formula is C20H25FN2O3S3. The van der Waals surface area contributed by atoms with Gasteiger partial charge in [0.05, 0.1) is 10.6 Å². The number of amides is 1. The molecule has 0 fully saturated rings. The van der Waals surface area contributed by atoms with Crippen LogP contribution in [0, 0.1) is 11.7 Å². The van der Waals surface area contributed by atoms with Gasteiger partial charge in [0.1, 0.15) is 5.82 Å². The van der Waals surface area contributed by atoms with Gasteiger partial charge >= 0.3 is 0 Å². The molecule has 2 aromatic carbocycles. The monoisotopic (exact) mass is 456 g/mol. The Hall–Kier alpha value is -1.55. The van der Waals surface area contributed by atoms with E-state index in [9.17, 15) is 17.6 Å². The minimum atomic E-state index is -3.72. The highest BCUT2D eigenvalue weighted by Gasteiger charge is 2.17. The zero-order valence-corrected chi connectivity index (χ0v) is 19.0. The molecule has 2 aromatic rings. The molecule has 0 aliphatic carbocycles. The van der Waals surface area contributed by atoms with Crippen molar-refractivity contribution in [2.75, 3.05) is 23.9 Å². The maximum Gasteiger partial charge on any atom is 0.240 e. The van der Waals surface area contributed by atoms with Crippen molar-refractivity contribution < 1.29 is 17.6 Å². The van der Waals surface area contributed by atoms with Crippen LogP contribution in [0.1, 0.15) is 19.4 Å². The Bertz CT molecular complexity index is 950. The fourth-order valence-corrected chi connectivity index (χ4v) is 4.92. The van der Waals surface area contributed by atoms with Crippen molar-refractivity contribution >= 4 is 45.1 Å². The number of nitrogens with one attached hydrogen (secondary N) is 2. The molecule has 0 aliphatic heterocycles. The lowest BCUT2D eigenvalue weighted by atomic mass is 10.2. The minimum absolute atomic E-state index is 0.0912. The number of halogens is 1. The van der Waals surface area contributed by atoms with Gasteiger partial charge in [0.2, 0.25) is 15.9 Å². The van der Waals surface area contributed by atoms with Gasteiger partial charge in [-0.15, -0.1) is 11.8 Å². The Morgan fingerprint density at radius 1 is 1.17 bits per heavy atom. The number of sulfonamides is 1. The van der Waals surface area contributed by atoms with Crippen LogP contribution in [0.2, 0.25) is 0 Å². The molecule has 2 rings (SSSR count). The highest BCUT2D eigenvalue weighted by atomic mass is 32.2. The normalized spacial score (nSPS) is 11.6. The second-order valence-corrected chi connectivity index (χ2v) is 10.3. The topological polar surface area (TPSA) is 75.3 Å². The summed E-state index contributed by atoms with van der Waals surface area (Å²) in [5.41, 5.74) is 1.08. The predicted molar refractivity (Wildman–Crippen MR) is 119 cm³/mol. The van der Waals surface area contributed by atoms with Gasteiger partial charge in [0.15, 0.2) is 0 Å². The first kappa shape index (κ1) is 23.7. The predicted octanol–water partition coefficient (Wildman–Crippen LogP) is 4.35. The summed E-state index contributed by atoms with van der Waals surface area (Å²) >= 11 is 2.88. The van der Waals surface area contributed by atoms with Gasteiger partial charge in [-0.3, -0.25) is 4.79 Å². The molecule has 0 bridgehead atoms. The van der Waals surface area contributed by atoms with Crippen molar-refractivity contribution in [2.45, 2.75) is 29.4 Å². The first-order valence-electron chi connectivity index (χ1n) is 9.04. The van der Waals surface area contributed by atoms with Crippen LogP contribution in [0.25, 0.3) is 0 Å². The number of hydrogen-bond donors (Lipinski definition) is 2. The Kier molecular flexibility index (Phi) is 9.01. The number of anilines is 1. The number of carbonyl (C=O) groups excluding carboxylic acids is 1. The molecule has 0 saturated carbocycles. The molecule has 0 atom stereocenters. The van der Waals surface area contributed by atoms with Gasteiger partial charge in [-0.1, -0.05) is 32.0 Å². The highest BCUT2D eigenvalue weighted by molar-refractivity contribution is 7.99. The van der Waals surface area contributed by atoms with E-state index in [0.29, 0.717) is 22.8 Å². The lowest BCUT2D eigenvalue weighted by molar-refractivity contribution is -0.118. The third-order valence-electron chi connectivity index (χ3n) is 4.02. The summed E-state index contributed by atoms with van der Waals surface area (Å²) in [5.74, 6) is 0.336. The average Bonchev–Trinajstić information content (AvgIpc) is 2.68. The molecule has 0 aromatic heterocycles. The lowest BCUT2D eigenvalue weighted by Crippen LogP contribution is -2.26. The average molecular weight is 457 g/mol. The van der Waals surface area contributed by atoms with E-state index in [4.69, 9.17) is 0 Å². The molecule has 5 nitrogen and oxygen atoms in total.